The summed E-state index contributed by atoms with van der Waals surface area (Å²) < 4.78 is 0. The molecule has 104 valence electrons. The maximum Gasteiger partial charge on any atom is 0.336 e. The molecule has 0 spiro atoms. The summed E-state index contributed by atoms with van der Waals surface area (Å²) >= 11 is 0. The van der Waals surface area contributed by atoms with Gasteiger partial charge < -0.3 is 25.2 Å². The molecule has 0 rings (SSSR count). The van der Waals surface area contributed by atoms with Gasteiger partial charge in [0.1, 0.15) is 5.78 Å². The Morgan fingerprint density at radius 2 is 1.22 bits per heavy atom. The number of carboxylic acids is 3. The number of carbonyl (C=O) groups excluding carboxylic acids is 1. The van der Waals surface area contributed by atoms with Crippen molar-refractivity contribution in [2.24, 2.45) is 0 Å². The van der Waals surface area contributed by atoms with Crippen LogP contribution in [0, 0.1) is 0 Å². The summed E-state index contributed by atoms with van der Waals surface area (Å²) in [5.41, 5.74) is -2.74. The Balaban J connectivity index is 0. The van der Waals surface area contributed by atoms with E-state index in [0.717, 1.165) is 0 Å². The first-order valence-corrected chi connectivity index (χ1v) is 4.94. The summed E-state index contributed by atoms with van der Waals surface area (Å²) in [6, 6.07) is 0. The molecule has 8 nitrogen and oxygen atoms in total. The van der Waals surface area contributed by atoms with Crippen molar-refractivity contribution in [3.63, 3.8) is 0 Å². The van der Waals surface area contributed by atoms with Gasteiger partial charge in [-0.15, -0.1) is 0 Å². The van der Waals surface area contributed by atoms with Crippen LogP contribution in [0.1, 0.15) is 33.1 Å². The van der Waals surface area contributed by atoms with Crippen molar-refractivity contribution in [3.05, 3.63) is 0 Å². The van der Waals surface area contributed by atoms with Gasteiger partial charge in [-0.05, 0) is 6.92 Å². The SMILES string of the molecule is CCC(C)=O.O=C(O)CC(O)(CC(=O)O)C(=O)O. The molecule has 0 aliphatic heterocycles. The number of carboxylic acid groups (broad SMARTS) is 3. The first-order chi connectivity index (χ1) is 8.05. The van der Waals surface area contributed by atoms with Crippen LogP contribution >= 0.6 is 0 Å². The van der Waals surface area contributed by atoms with Gasteiger partial charge in [0.2, 0.25) is 0 Å². The summed E-state index contributed by atoms with van der Waals surface area (Å²) in [4.78, 5) is 40.3. The quantitative estimate of drug-likeness (QED) is 0.512. The van der Waals surface area contributed by atoms with Crippen molar-refractivity contribution in [1.82, 2.24) is 0 Å². The van der Waals surface area contributed by atoms with Crippen LogP contribution in [0.2, 0.25) is 0 Å². The summed E-state index contributed by atoms with van der Waals surface area (Å²) in [5.74, 6) is -4.76. The third kappa shape index (κ3) is 9.28. The molecule has 4 N–H and O–H groups in total. The second-order valence-electron chi connectivity index (χ2n) is 3.53. The molecular weight excluding hydrogens is 248 g/mol. The van der Waals surface area contributed by atoms with Crippen LogP contribution in [0.25, 0.3) is 0 Å². The Kier molecular flexibility index (Phi) is 8.36. The molecule has 0 bridgehead atoms. The van der Waals surface area contributed by atoms with Crippen molar-refractivity contribution in [1.29, 1.82) is 0 Å². The van der Waals surface area contributed by atoms with Crippen LogP contribution in [-0.4, -0.2) is 49.7 Å². The summed E-state index contributed by atoms with van der Waals surface area (Å²) in [5, 5.41) is 33.8. The van der Waals surface area contributed by atoms with Gasteiger partial charge in [0.25, 0.3) is 0 Å². The molecule has 0 aliphatic carbocycles. The number of ketones is 1. The van der Waals surface area contributed by atoms with E-state index in [1.807, 2.05) is 6.92 Å². The Bertz CT molecular complexity index is 317. The molecule has 0 aromatic carbocycles. The highest BCUT2D eigenvalue weighted by atomic mass is 16.4. The van der Waals surface area contributed by atoms with E-state index in [-0.39, 0.29) is 5.78 Å². The highest BCUT2D eigenvalue weighted by Gasteiger charge is 2.40. The molecule has 0 radical (unpaired) electrons. The Hall–Kier alpha value is -1.96. The summed E-state index contributed by atoms with van der Waals surface area (Å²) in [6.07, 6.45) is -1.62. The van der Waals surface area contributed by atoms with E-state index < -0.39 is 36.4 Å². The fourth-order valence-corrected chi connectivity index (χ4v) is 0.714. The van der Waals surface area contributed by atoms with Gasteiger partial charge >= 0.3 is 17.9 Å². The molecule has 0 unspecified atom stereocenters. The molecule has 0 atom stereocenters. The van der Waals surface area contributed by atoms with Gasteiger partial charge in [0.15, 0.2) is 5.60 Å². The van der Waals surface area contributed by atoms with Gasteiger partial charge in [-0.2, -0.15) is 0 Å². The Morgan fingerprint density at radius 3 is 1.33 bits per heavy atom. The van der Waals surface area contributed by atoms with Crippen LogP contribution in [-0.2, 0) is 19.2 Å². The lowest BCUT2D eigenvalue weighted by Crippen LogP contribution is -2.42. The van der Waals surface area contributed by atoms with Crippen LogP contribution in [0.5, 0.6) is 0 Å². The lowest BCUT2D eigenvalue weighted by molar-refractivity contribution is -0.170. The monoisotopic (exact) mass is 264 g/mol. The molecule has 8 heteroatoms. The van der Waals surface area contributed by atoms with Crippen molar-refractivity contribution in [2.45, 2.75) is 38.7 Å². The van der Waals surface area contributed by atoms with E-state index in [2.05, 4.69) is 0 Å². The smallest absolute Gasteiger partial charge is 0.336 e. The fourth-order valence-electron chi connectivity index (χ4n) is 0.714. The molecule has 0 aliphatic rings. The van der Waals surface area contributed by atoms with E-state index in [1.54, 1.807) is 6.92 Å². The number of hydrogen-bond acceptors (Lipinski definition) is 5. The summed E-state index contributed by atoms with van der Waals surface area (Å²) in [6.45, 7) is 3.43. The Labute approximate surface area is 103 Å². The molecule has 0 fully saturated rings. The first kappa shape index (κ1) is 18.4. The average molecular weight is 264 g/mol. The Morgan fingerprint density at radius 1 is 0.944 bits per heavy atom. The molecule has 0 aromatic rings. The molecule has 0 amide bonds. The normalized spacial score (nSPS) is 9.94. The summed E-state index contributed by atoms with van der Waals surface area (Å²) in [7, 11) is 0. The number of hydrogen-bond donors (Lipinski definition) is 4. The second kappa shape index (κ2) is 8.18. The molecular formula is C10H16O8. The van der Waals surface area contributed by atoms with Crippen molar-refractivity contribution < 1.29 is 39.6 Å². The minimum absolute atomic E-state index is 0.255. The van der Waals surface area contributed by atoms with Gasteiger partial charge in [-0.1, -0.05) is 6.92 Å². The van der Waals surface area contributed by atoms with Gasteiger partial charge in [0.05, 0.1) is 12.8 Å². The first-order valence-electron chi connectivity index (χ1n) is 4.94. The third-order valence-electron chi connectivity index (χ3n) is 1.78. The third-order valence-corrected chi connectivity index (χ3v) is 1.78. The minimum atomic E-state index is -2.74. The maximum absolute atomic E-state index is 10.3. The zero-order valence-electron chi connectivity index (χ0n) is 10.0. The predicted molar refractivity (Wildman–Crippen MR) is 58.1 cm³/mol. The molecule has 0 aromatic heterocycles. The number of Topliss-reactive ketones (excluding diaryl/α,β-unsaturated/α-hetero) is 1. The topological polar surface area (TPSA) is 149 Å². The number of aliphatic hydroxyl groups is 1. The average Bonchev–Trinajstić information content (AvgIpc) is 2.15. The van der Waals surface area contributed by atoms with Gasteiger partial charge in [-0.25, -0.2) is 4.79 Å². The number of aliphatic carboxylic acids is 3. The lowest BCUT2D eigenvalue weighted by Gasteiger charge is -2.18. The number of rotatable bonds is 6. The van der Waals surface area contributed by atoms with Crippen LogP contribution in [0.15, 0.2) is 0 Å². The highest BCUT2D eigenvalue weighted by Crippen LogP contribution is 2.15. The van der Waals surface area contributed by atoms with Crippen molar-refractivity contribution in [2.75, 3.05) is 0 Å². The van der Waals surface area contributed by atoms with E-state index in [0.29, 0.717) is 6.42 Å². The molecule has 0 heterocycles. The standard InChI is InChI=1S/C6H8O7.C4H8O/c7-3(8)1-6(13,5(11)12)2-4(9)10;1-3-4(2)5/h13H,1-2H2,(H,7,8)(H,9,10)(H,11,12);3H2,1-2H3. The van der Waals surface area contributed by atoms with E-state index in [4.69, 9.17) is 20.4 Å². The van der Waals surface area contributed by atoms with Crippen LogP contribution in [0.3, 0.4) is 0 Å². The van der Waals surface area contributed by atoms with Gasteiger partial charge in [-0.3, -0.25) is 9.59 Å². The van der Waals surface area contributed by atoms with E-state index in [1.165, 1.54) is 0 Å². The van der Waals surface area contributed by atoms with E-state index in [9.17, 15) is 19.2 Å². The van der Waals surface area contributed by atoms with Crippen LogP contribution < -0.4 is 0 Å². The van der Waals surface area contributed by atoms with Gasteiger partial charge in [0, 0.05) is 6.42 Å². The fraction of sp³-hybridized carbons (Fsp3) is 0.600. The zero-order valence-corrected chi connectivity index (χ0v) is 10.0. The number of carbonyl (C=O) groups is 4. The predicted octanol–water partition coefficient (Wildman–Crippen LogP) is -0.263. The lowest BCUT2D eigenvalue weighted by atomic mass is 9.96. The molecule has 0 saturated heterocycles. The minimum Gasteiger partial charge on any atom is -0.481 e. The second-order valence-corrected chi connectivity index (χ2v) is 3.53. The van der Waals surface area contributed by atoms with E-state index >= 15 is 0 Å². The van der Waals surface area contributed by atoms with Crippen molar-refractivity contribution >= 4 is 23.7 Å². The highest BCUT2D eigenvalue weighted by molar-refractivity contribution is 5.88. The van der Waals surface area contributed by atoms with Crippen molar-refractivity contribution in [3.8, 4) is 0 Å². The maximum atomic E-state index is 10.3. The molecule has 18 heavy (non-hydrogen) atoms. The molecule has 0 saturated carbocycles. The zero-order chi connectivity index (χ0) is 14.9. The van der Waals surface area contributed by atoms with Crippen LogP contribution in [0.4, 0.5) is 0 Å². The largest absolute Gasteiger partial charge is 0.481 e.